The lowest BCUT2D eigenvalue weighted by Crippen LogP contribution is -2.56. The lowest BCUT2D eigenvalue weighted by molar-refractivity contribution is -0.147. The molecule has 3 fully saturated rings. The van der Waals surface area contributed by atoms with Gasteiger partial charge in [-0.3, -0.25) is 4.79 Å². The summed E-state index contributed by atoms with van der Waals surface area (Å²) in [6, 6.07) is 0. The minimum atomic E-state index is -1.82. The molecule has 160 valence electrons. The summed E-state index contributed by atoms with van der Waals surface area (Å²) in [6.07, 6.45) is 13.1. The predicted octanol–water partition coefficient (Wildman–Crippen LogP) is 6.10. The normalized spacial score (nSPS) is 44.0. The molecule has 29 heavy (non-hydrogen) atoms. The molecule has 5 rings (SSSR count). The second kappa shape index (κ2) is 5.95. The SMILES string of the molecule is CC(C)(C)[Si](C)(C)OC1CC[C@H]2[C@]34CCC5(CCCC(=O)C5=CC3=CC[C@]12C)O4. The van der Waals surface area contributed by atoms with Crippen LogP contribution in [0.25, 0.3) is 0 Å². The zero-order valence-electron chi connectivity index (χ0n) is 19.2. The van der Waals surface area contributed by atoms with Crippen molar-refractivity contribution in [2.75, 3.05) is 0 Å². The van der Waals surface area contributed by atoms with Crippen molar-refractivity contribution in [1.29, 1.82) is 0 Å². The smallest absolute Gasteiger partial charge is 0.192 e. The number of hydrogen-bond donors (Lipinski definition) is 0. The van der Waals surface area contributed by atoms with Gasteiger partial charge >= 0.3 is 0 Å². The topological polar surface area (TPSA) is 35.5 Å². The van der Waals surface area contributed by atoms with Crippen molar-refractivity contribution in [3.05, 3.63) is 23.3 Å². The maximum absolute atomic E-state index is 12.7. The molecule has 3 nitrogen and oxygen atoms in total. The third-order valence-corrected chi connectivity index (χ3v) is 14.1. The molecule has 0 amide bonds. The van der Waals surface area contributed by atoms with E-state index in [2.05, 4.69) is 52.9 Å². The molecule has 0 radical (unpaired) electrons. The van der Waals surface area contributed by atoms with Gasteiger partial charge in [0, 0.05) is 23.3 Å². The molecule has 2 saturated carbocycles. The van der Waals surface area contributed by atoms with E-state index in [0.717, 1.165) is 44.1 Å². The van der Waals surface area contributed by atoms with Gasteiger partial charge in [-0.25, -0.2) is 0 Å². The van der Waals surface area contributed by atoms with Crippen LogP contribution < -0.4 is 0 Å². The van der Waals surface area contributed by atoms with Crippen LogP contribution in [0.2, 0.25) is 18.1 Å². The Balaban J connectivity index is 1.52. The van der Waals surface area contributed by atoms with E-state index in [9.17, 15) is 4.79 Å². The highest BCUT2D eigenvalue weighted by atomic mass is 28.4. The molecule has 4 heteroatoms. The zero-order valence-corrected chi connectivity index (χ0v) is 20.2. The molecule has 1 saturated heterocycles. The van der Waals surface area contributed by atoms with Gasteiger partial charge in [0.1, 0.15) is 0 Å². The third-order valence-electron chi connectivity index (χ3n) is 9.66. The minimum Gasteiger partial charge on any atom is -0.413 e. The summed E-state index contributed by atoms with van der Waals surface area (Å²) in [5, 5.41) is 0.230. The summed E-state index contributed by atoms with van der Waals surface area (Å²) in [5.41, 5.74) is 1.96. The summed E-state index contributed by atoms with van der Waals surface area (Å²) in [5.74, 6) is 0.825. The van der Waals surface area contributed by atoms with E-state index in [1.807, 2.05) is 0 Å². The largest absolute Gasteiger partial charge is 0.413 e. The maximum atomic E-state index is 12.7. The molecule has 3 aliphatic carbocycles. The number of fused-ring (bicyclic) bond motifs is 1. The summed E-state index contributed by atoms with van der Waals surface area (Å²) in [7, 11) is -1.82. The van der Waals surface area contributed by atoms with Gasteiger partial charge in [0.05, 0.1) is 17.3 Å². The lowest BCUT2D eigenvalue weighted by atomic mass is 9.60. The molecule has 2 bridgehead atoms. The average Bonchev–Trinajstić information content (AvgIpc) is 3.10. The summed E-state index contributed by atoms with van der Waals surface area (Å²) in [6.45, 7) is 14.2. The lowest BCUT2D eigenvalue weighted by Gasteiger charge is -2.54. The van der Waals surface area contributed by atoms with E-state index in [1.54, 1.807) is 0 Å². The molecule has 0 aromatic carbocycles. The number of ketones is 1. The second-order valence-corrected chi connectivity index (χ2v) is 16.9. The Hall–Kier alpha value is -0.713. The second-order valence-electron chi connectivity index (χ2n) is 12.2. The van der Waals surface area contributed by atoms with Gasteiger partial charge in [-0.2, -0.15) is 0 Å². The Kier molecular flexibility index (Phi) is 4.15. The van der Waals surface area contributed by atoms with Crippen molar-refractivity contribution >= 4 is 14.1 Å². The Morgan fingerprint density at radius 3 is 2.66 bits per heavy atom. The number of Topliss-reactive ketones (excluding diaryl/α,β-unsaturated/α-hetero) is 1. The third kappa shape index (κ3) is 2.58. The van der Waals surface area contributed by atoms with E-state index in [0.29, 0.717) is 24.2 Å². The van der Waals surface area contributed by atoms with Crippen LogP contribution in [0.4, 0.5) is 0 Å². The van der Waals surface area contributed by atoms with Crippen LogP contribution in [-0.2, 0) is 14.0 Å². The van der Waals surface area contributed by atoms with E-state index in [4.69, 9.17) is 9.16 Å². The fraction of sp³-hybridized carbons (Fsp3) is 0.800. The number of rotatable bonds is 2. The van der Waals surface area contributed by atoms with Crippen LogP contribution in [0.3, 0.4) is 0 Å². The Bertz CT molecular complexity index is 818. The molecule has 5 atom stereocenters. The molecule has 2 unspecified atom stereocenters. The Labute approximate surface area is 177 Å². The minimum absolute atomic E-state index is 0.134. The van der Waals surface area contributed by atoms with Crippen molar-refractivity contribution in [3.8, 4) is 0 Å². The molecule has 2 heterocycles. The first-order valence-corrected chi connectivity index (χ1v) is 14.7. The monoisotopic (exact) mass is 414 g/mol. The molecule has 0 aromatic heterocycles. The van der Waals surface area contributed by atoms with Crippen LogP contribution in [0.1, 0.15) is 79.1 Å². The van der Waals surface area contributed by atoms with Gasteiger partial charge in [-0.1, -0.05) is 33.8 Å². The highest BCUT2D eigenvalue weighted by Gasteiger charge is 2.67. The van der Waals surface area contributed by atoms with Gasteiger partial charge in [-0.05, 0) is 74.7 Å². The van der Waals surface area contributed by atoms with Crippen LogP contribution in [0.5, 0.6) is 0 Å². The van der Waals surface area contributed by atoms with Crippen LogP contribution >= 0.6 is 0 Å². The Morgan fingerprint density at radius 2 is 1.93 bits per heavy atom. The quantitative estimate of drug-likeness (QED) is 0.512. The number of hydrogen-bond acceptors (Lipinski definition) is 3. The summed E-state index contributed by atoms with van der Waals surface area (Å²) in [4.78, 5) is 12.7. The molecule has 2 spiro atoms. The summed E-state index contributed by atoms with van der Waals surface area (Å²) >= 11 is 0. The maximum Gasteiger partial charge on any atom is 0.192 e. The van der Waals surface area contributed by atoms with Gasteiger partial charge in [0.25, 0.3) is 0 Å². The van der Waals surface area contributed by atoms with Gasteiger partial charge in [-0.15, -0.1) is 0 Å². The van der Waals surface area contributed by atoms with E-state index in [-0.39, 0.29) is 21.7 Å². The molecule has 0 N–H and O–H groups in total. The van der Waals surface area contributed by atoms with Crippen LogP contribution in [0.15, 0.2) is 23.3 Å². The van der Waals surface area contributed by atoms with E-state index < -0.39 is 8.32 Å². The average molecular weight is 415 g/mol. The van der Waals surface area contributed by atoms with E-state index >= 15 is 0 Å². The number of ether oxygens (including phenoxy) is 1. The molecule has 2 aliphatic heterocycles. The molecular weight excluding hydrogens is 376 g/mol. The van der Waals surface area contributed by atoms with Crippen LogP contribution in [0, 0.1) is 11.3 Å². The first-order valence-electron chi connectivity index (χ1n) is 11.8. The molecule has 5 aliphatic rings. The van der Waals surface area contributed by atoms with E-state index in [1.165, 1.54) is 12.0 Å². The zero-order chi connectivity index (χ0) is 20.9. The highest BCUT2D eigenvalue weighted by molar-refractivity contribution is 6.74. The molecule has 0 aromatic rings. The summed E-state index contributed by atoms with van der Waals surface area (Å²) < 4.78 is 14.1. The first kappa shape index (κ1) is 20.2. The highest BCUT2D eigenvalue weighted by Crippen LogP contribution is 2.66. The number of carbonyl (C=O) groups is 1. The fourth-order valence-corrected chi connectivity index (χ4v) is 8.38. The fourth-order valence-electron chi connectivity index (χ4n) is 6.93. The standard InChI is InChI=1S/C25H38O3Si/c1-22(2,3)29(5,6)27-21-10-9-20-23(21,4)13-11-17-16-18-19(26)8-7-12-24(18)14-15-25(17,20)28-24/h11,16,20-21H,7-10,12-15H2,1-6H3/t20-,21?,23+,24?,25+/m1/s1. The van der Waals surface area contributed by atoms with Gasteiger partial charge in [0.2, 0.25) is 0 Å². The van der Waals surface area contributed by atoms with Gasteiger partial charge < -0.3 is 9.16 Å². The van der Waals surface area contributed by atoms with Crippen molar-refractivity contribution in [2.24, 2.45) is 11.3 Å². The first-order chi connectivity index (χ1) is 13.4. The van der Waals surface area contributed by atoms with Crippen molar-refractivity contribution in [2.45, 2.75) is 114 Å². The van der Waals surface area contributed by atoms with Crippen molar-refractivity contribution < 1.29 is 14.0 Å². The number of carbonyl (C=O) groups excluding carboxylic acids is 1. The number of allylic oxidation sites excluding steroid dienone is 1. The molecular formula is C25H38O3Si. The predicted molar refractivity (Wildman–Crippen MR) is 118 cm³/mol. The Morgan fingerprint density at radius 1 is 1.17 bits per heavy atom. The van der Waals surface area contributed by atoms with Crippen molar-refractivity contribution in [1.82, 2.24) is 0 Å². The van der Waals surface area contributed by atoms with Crippen LogP contribution in [-0.4, -0.2) is 31.4 Å². The van der Waals surface area contributed by atoms with Gasteiger partial charge in [0.15, 0.2) is 14.1 Å². The van der Waals surface area contributed by atoms with Crippen molar-refractivity contribution in [3.63, 3.8) is 0 Å².